The van der Waals surface area contributed by atoms with Crippen molar-refractivity contribution < 1.29 is 32.9 Å². The Bertz CT molecular complexity index is 1430. The summed E-state index contributed by atoms with van der Waals surface area (Å²) in [6.45, 7) is -0.590. The first-order valence-corrected chi connectivity index (χ1v) is 12.7. The fourth-order valence-electron chi connectivity index (χ4n) is 4.44. The van der Waals surface area contributed by atoms with Crippen LogP contribution in [0.5, 0.6) is 0 Å². The lowest BCUT2D eigenvalue weighted by Gasteiger charge is -2.43. The predicted molar refractivity (Wildman–Crippen MR) is 130 cm³/mol. The Morgan fingerprint density at radius 2 is 2.03 bits per heavy atom. The zero-order valence-electron chi connectivity index (χ0n) is 19.3. The zero-order valence-corrected chi connectivity index (χ0v) is 21.7. The summed E-state index contributed by atoms with van der Waals surface area (Å²) in [5.74, 6) is 0. The van der Waals surface area contributed by atoms with Crippen LogP contribution in [0.4, 0.5) is 13.2 Å². The van der Waals surface area contributed by atoms with Crippen molar-refractivity contribution in [1.82, 2.24) is 29.8 Å². The van der Waals surface area contributed by atoms with Gasteiger partial charge in [0, 0.05) is 23.7 Å². The summed E-state index contributed by atoms with van der Waals surface area (Å²) in [5, 5.41) is 35.9. The Morgan fingerprint density at radius 3 is 2.68 bits per heavy atom. The van der Waals surface area contributed by atoms with Gasteiger partial charge in [-0.1, -0.05) is 28.4 Å². The van der Waals surface area contributed by atoms with E-state index >= 15 is 0 Å². The van der Waals surface area contributed by atoms with Gasteiger partial charge >= 0.3 is 6.18 Å². The molecule has 0 saturated carbocycles. The Balaban J connectivity index is 1.58. The first-order chi connectivity index (χ1) is 18.1. The molecule has 2 N–H and O–H groups in total. The summed E-state index contributed by atoms with van der Waals surface area (Å²) in [4.78, 5) is 4.16. The van der Waals surface area contributed by atoms with Crippen LogP contribution in [0.15, 0.2) is 42.0 Å². The maximum atomic E-state index is 13.8. The van der Waals surface area contributed by atoms with Crippen molar-refractivity contribution in [3.05, 3.63) is 63.5 Å². The molecule has 0 spiro atoms. The summed E-state index contributed by atoms with van der Waals surface area (Å²) >= 11 is 13.2. The molecule has 4 heterocycles. The number of hydrogen-bond acceptors (Lipinski definition) is 9. The second kappa shape index (κ2) is 10.5. The van der Waals surface area contributed by atoms with Gasteiger partial charge in [0.25, 0.3) is 0 Å². The zero-order chi connectivity index (χ0) is 27.2. The summed E-state index contributed by atoms with van der Waals surface area (Å²) in [7, 11) is 1.36. The molecule has 5 atom stereocenters. The van der Waals surface area contributed by atoms with Gasteiger partial charge in [-0.15, -0.1) is 16.4 Å². The van der Waals surface area contributed by atoms with Gasteiger partial charge in [-0.05, 0) is 24.3 Å². The van der Waals surface area contributed by atoms with Crippen LogP contribution in [-0.2, 0) is 15.7 Å². The van der Waals surface area contributed by atoms with Crippen LogP contribution in [0.1, 0.15) is 23.4 Å². The van der Waals surface area contributed by atoms with Gasteiger partial charge in [0.05, 0.1) is 29.7 Å². The molecule has 0 radical (unpaired) electrons. The average Bonchev–Trinajstić information content (AvgIpc) is 3.63. The fourth-order valence-corrected chi connectivity index (χ4v) is 5.50. The van der Waals surface area contributed by atoms with E-state index in [1.54, 1.807) is 5.38 Å². The Labute approximate surface area is 227 Å². The summed E-state index contributed by atoms with van der Waals surface area (Å²) < 4.78 is 55.6. The van der Waals surface area contributed by atoms with Gasteiger partial charge in [-0.25, -0.2) is 14.3 Å². The van der Waals surface area contributed by atoms with Gasteiger partial charge in [-0.2, -0.15) is 18.3 Å². The lowest BCUT2D eigenvalue weighted by molar-refractivity contribution is -0.216. The van der Waals surface area contributed by atoms with E-state index in [1.807, 2.05) is 0 Å². The minimum Gasteiger partial charge on any atom is -0.394 e. The largest absolute Gasteiger partial charge is 0.418 e. The fraction of sp³-hybridized carbons (Fsp3) is 0.364. The van der Waals surface area contributed by atoms with E-state index in [-0.39, 0.29) is 21.6 Å². The molecular formula is C22H19Cl2F3N6O4S. The topological polar surface area (TPSA) is 120 Å². The minimum absolute atomic E-state index is 0.0706. The Hall–Kier alpha value is -2.59. The third-order valence-corrected chi connectivity index (χ3v) is 7.53. The molecule has 5 rings (SSSR count). The molecule has 38 heavy (non-hydrogen) atoms. The highest BCUT2D eigenvalue weighted by atomic mass is 35.5. The van der Waals surface area contributed by atoms with Gasteiger partial charge in [0.2, 0.25) is 0 Å². The second-order valence-corrected chi connectivity index (χ2v) is 10.0. The Morgan fingerprint density at radius 1 is 1.24 bits per heavy atom. The number of methoxy groups -OCH3 is 1. The van der Waals surface area contributed by atoms with Crippen LogP contribution in [0.25, 0.3) is 16.4 Å². The normalized spacial score (nSPS) is 24.2. The maximum absolute atomic E-state index is 13.8. The molecule has 0 bridgehead atoms. The van der Waals surface area contributed by atoms with E-state index in [2.05, 4.69) is 20.4 Å². The van der Waals surface area contributed by atoms with Crippen LogP contribution < -0.4 is 0 Å². The molecule has 1 aromatic carbocycles. The van der Waals surface area contributed by atoms with Crippen molar-refractivity contribution in [3.63, 3.8) is 0 Å². The second-order valence-electron chi connectivity index (χ2n) is 8.35. The molecule has 4 aromatic rings. The number of thiazole rings is 1. The molecule has 10 nitrogen and oxygen atoms in total. The summed E-state index contributed by atoms with van der Waals surface area (Å²) in [6, 6.07) is 3.65. The molecule has 3 aromatic heterocycles. The van der Waals surface area contributed by atoms with Crippen LogP contribution >= 0.6 is 34.5 Å². The van der Waals surface area contributed by atoms with Crippen molar-refractivity contribution >= 4 is 34.5 Å². The van der Waals surface area contributed by atoms with Gasteiger partial charge < -0.3 is 19.7 Å². The standard InChI is InChI=1S/C22H19Cl2F3N6O4S/c1-36-20-17(32-7-12(30-31-32)21-29-16(24)9-38-21)18(35)15(8-34)37-19(20)13-4-5-28-33(13)14-6-10(23)2-3-11(14)22(25,26)27/h2-7,9,15,17-20,34-35H,8H2,1H3/t15?,17-,18-,19-,20?/m0/s1. The SMILES string of the molecule is COC1[C@@H](n2cc(-c3nc(Cl)cs3)nn2)[C@@H](O)C(CO)O[C@H]1c1ccnn1-c1cc(Cl)ccc1C(F)(F)F. The van der Waals surface area contributed by atoms with Gasteiger partial charge in [0.15, 0.2) is 0 Å². The first kappa shape index (κ1) is 27.0. The molecule has 0 amide bonds. The molecule has 1 saturated heterocycles. The van der Waals surface area contributed by atoms with Crippen molar-refractivity contribution in [2.45, 2.75) is 36.6 Å². The molecule has 2 unspecified atom stereocenters. The maximum Gasteiger partial charge on any atom is 0.418 e. The number of aromatic nitrogens is 6. The number of hydrogen-bond donors (Lipinski definition) is 2. The van der Waals surface area contributed by atoms with Crippen molar-refractivity contribution in [1.29, 1.82) is 0 Å². The predicted octanol–water partition coefficient (Wildman–Crippen LogP) is 3.96. The number of halogens is 5. The number of aliphatic hydroxyl groups is 2. The molecular weight excluding hydrogens is 572 g/mol. The molecule has 1 aliphatic heterocycles. The van der Waals surface area contributed by atoms with Crippen LogP contribution in [0, 0.1) is 0 Å². The highest BCUT2D eigenvalue weighted by Gasteiger charge is 2.49. The van der Waals surface area contributed by atoms with Crippen LogP contribution in [0.2, 0.25) is 10.2 Å². The van der Waals surface area contributed by atoms with Gasteiger partial charge in [-0.3, -0.25) is 0 Å². The van der Waals surface area contributed by atoms with E-state index in [9.17, 15) is 23.4 Å². The third-order valence-electron chi connectivity index (χ3n) is 6.11. The molecule has 0 aliphatic carbocycles. The third kappa shape index (κ3) is 4.93. The highest BCUT2D eigenvalue weighted by Crippen LogP contribution is 2.42. The number of nitrogens with zero attached hydrogens (tertiary/aromatic N) is 6. The molecule has 1 aliphatic rings. The molecule has 16 heteroatoms. The van der Waals surface area contributed by atoms with Crippen molar-refractivity contribution in [2.75, 3.05) is 13.7 Å². The van der Waals surface area contributed by atoms with E-state index in [1.165, 1.54) is 41.6 Å². The lowest BCUT2D eigenvalue weighted by Crippen LogP contribution is -2.53. The minimum atomic E-state index is -4.69. The summed E-state index contributed by atoms with van der Waals surface area (Å²) in [5.41, 5.74) is -0.733. The number of rotatable bonds is 6. The smallest absolute Gasteiger partial charge is 0.394 e. The number of ether oxygens (including phenoxy) is 2. The van der Waals surface area contributed by atoms with Crippen molar-refractivity contribution in [3.8, 4) is 16.4 Å². The van der Waals surface area contributed by atoms with Gasteiger partial charge in [0.1, 0.15) is 46.3 Å². The van der Waals surface area contributed by atoms with E-state index in [4.69, 9.17) is 32.7 Å². The van der Waals surface area contributed by atoms with E-state index in [0.717, 1.165) is 22.9 Å². The summed E-state index contributed by atoms with van der Waals surface area (Å²) in [6.07, 6.45) is -6.39. The number of benzene rings is 1. The molecule has 202 valence electrons. The Kier molecular flexibility index (Phi) is 7.48. The van der Waals surface area contributed by atoms with Crippen LogP contribution in [-0.4, -0.2) is 72.0 Å². The van der Waals surface area contributed by atoms with Crippen LogP contribution in [0.3, 0.4) is 0 Å². The monoisotopic (exact) mass is 590 g/mol. The average molecular weight is 591 g/mol. The van der Waals surface area contributed by atoms with Crippen molar-refractivity contribution in [2.24, 2.45) is 0 Å². The highest BCUT2D eigenvalue weighted by molar-refractivity contribution is 7.13. The van der Waals surface area contributed by atoms with E-state index in [0.29, 0.717) is 10.7 Å². The quantitative estimate of drug-likeness (QED) is 0.346. The lowest BCUT2D eigenvalue weighted by atomic mass is 9.90. The number of aliphatic hydroxyl groups excluding tert-OH is 2. The molecule has 1 fully saturated rings. The number of alkyl halides is 3. The van der Waals surface area contributed by atoms with E-state index < -0.39 is 48.8 Å². The first-order valence-electron chi connectivity index (χ1n) is 11.0.